The van der Waals surface area contributed by atoms with Gasteiger partial charge in [-0.05, 0) is 19.2 Å². The van der Waals surface area contributed by atoms with Gasteiger partial charge in [0.1, 0.15) is 35.6 Å². The molecule has 12 nitrogen and oxygen atoms in total. The van der Waals surface area contributed by atoms with E-state index in [4.69, 9.17) is 14.2 Å². The molecule has 12 heteroatoms. The number of benzene rings is 2. The van der Waals surface area contributed by atoms with Gasteiger partial charge in [0.25, 0.3) is 0 Å². The lowest BCUT2D eigenvalue weighted by atomic mass is 9.72. The third kappa shape index (κ3) is 4.48. The summed E-state index contributed by atoms with van der Waals surface area (Å²) in [6.45, 7) is 4.21. The summed E-state index contributed by atoms with van der Waals surface area (Å²) in [5.74, 6) is -3.75. The quantitative estimate of drug-likeness (QED) is 0.219. The molecule has 0 spiro atoms. The molecule has 218 valence electrons. The number of carbonyl (C=O) groups is 3. The minimum atomic E-state index is -2.24. The van der Waals surface area contributed by atoms with Crippen molar-refractivity contribution in [1.29, 1.82) is 0 Å². The van der Waals surface area contributed by atoms with Crippen LogP contribution in [0.3, 0.4) is 0 Å². The van der Waals surface area contributed by atoms with Crippen LogP contribution in [-0.2, 0) is 20.7 Å². The second-order valence-electron chi connectivity index (χ2n) is 10.5. The van der Waals surface area contributed by atoms with Crippen LogP contribution in [0.1, 0.15) is 68.8 Å². The van der Waals surface area contributed by atoms with Crippen LogP contribution in [0.15, 0.2) is 31.0 Å². The zero-order valence-electron chi connectivity index (χ0n) is 22.4. The predicted molar refractivity (Wildman–Crippen MR) is 141 cm³/mol. The first kappa shape index (κ1) is 28.7. The number of ether oxygens (including phenoxy) is 3. The summed E-state index contributed by atoms with van der Waals surface area (Å²) >= 11 is 0. The zero-order chi connectivity index (χ0) is 29.8. The minimum Gasteiger partial charge on any atom is -0.507 e. The molecule has 2 aromatic rings. The Labute approximate surface area is 234 Å². The Morgan fingerprint density at radius 2 is 1.90 bits per heavy atom. The second kappa shape index (κ2) is 10.5. The lowest BCUT2D eigenvalue weighted by Crippen LogP contribution is -2.53. The molecule has 1 aliphatic heterocycles. The first-order chi connectivity index (χ1) is 19.5. The van der Waals surface area contributed by atoms with E-state index in [2.05, 4.69) is 11.9 Å². The Morgan fingerprint density at radius 1 is 1.20 bits per heavy atom. The van der Waals surface area contributed by atoms with Crippen LogP contribution in [0.25, 0.3) is 0 Å². The number of ketones is 3. The number of carbonyl (C=O) groups excluding carboxylic acids is 3. The highest BCUT2D eigenvalue weighted by atomic mass is 16.7. The molecule has 0 bridgehead atoms. The SMILES string of the molecule is C=CNC1CC(OC2CC(O)(C(=O)CO)Cc3c(O)c4c(c(O)c32)C(=O)c2c(OC)cccc2C4=O)OC(C)C1O. The number of methoxy groups -OCH3 is 1. The van der Waals surface area contributed by atoms with Crippen LogP contribution >= 0.6 is 0 Å². The Bertz CT molecular complexity index is 1450. The van der Waals surface area contributed by atoms with Gasteiger partial charge in [0.2, 0.25) is 5.78 Å². The van der Waals surface area contributed by atoms with Crippen LogP contribution in [0.4, 0.5) is 0 Å². The summed E-state index contributed by atoms with van der Waals surface area (Å²) in [6.07, 6.45) is -3.53. The summed E-state index contributed by atoms with van der Waals surface area (Å²) in [5.41, 5.74) is -3.61. The fourth-order valence-corrected chi connectivity index (χ4v) is 6.03. The number of hydrogen-bond donors (Lipinski definition) is 6. The van der Waals surface area contributed by atoms with Gasteiger partial charge in [-0.1, -0.05) is 18.7 Å². The smallest absolute Gasteiger partial charge is 0.202 e. The number of nitrogens with one attached hydrogen (secondary N) is 1. The van der Waals surface area contributed by atoms with Crippen molar-refractivity contribution >= 4 is 17.3 Å². The molecule has 6 N–H and O–H groups in total. The van der Waals surface area contributed by atoms with Crippen molar-refractivity contribution < 1.29 is 54.1 Å². The maximum absolute atomic E-state index is 13.7. The van der Waals surface area contributed by atoms with Gasteiger partial charge in [-0.2, -0.15) is 0 Å². The third-order valence-electron chi connectivity index (χ3n) is 8.09. The number of phenolic OH excluding ortho intramolecular Hbond substituents is 2. The van der Waals surface area contributed by atoms with E-state index in [-0.39, 0.29) is 34.4 Å². The molecular weight excluding hydrogens is 538 g/mol. The van der Waals surface area contributed by atoms with Gasteiger partial charge >= 0.3 is 0 Å². The molecule has 0 amide bonds. The van der Waals surface area contributed by atoms with Crippen molar-refractivity contribution in [3.63, 3.8) is 0 Å². The van der Waals surface area contributed by atoms with Gasteiger partial charge < -0.3 is 45.1 Å². The van der Waals surface area contributed by atoms with Gasteiger partial charge in [-0.3, -0.25) is 14.4 Å². The van der Waals surface area contributed by atoms with Crippen LogP contribution in [0, 0.1) is 0 Å². The lowest BCUT2D eigenvalue weighted by molar-refractivity contribution is -0.249. The van der Waals surface area contributed by atoms with E-state index in [0.717, 1.165) is 0 Å². The van der Waals surface area contributed by atoms with Crippen LogP contribution in [0.5, 0.6) is 17.2 Å². The van der Waals surface area contributed by atoms with Gasteiger partial charge in [-0.25, -0.2) is 0 Å². The largest absolute Gasteiger partial charge is 0.507 e. The summed E-state index contributed by atoms with van der Waals surface area (Å²) in [4.78, 5) is 40.0. The normalized spacial score (nSPS) is 28.8. The fraction of sp³-hybridized carbons (Fsp3) is 0.414. The number of phenols is 2. The number of fused-ring (bicyclic) bond motifs is 3. The first-order valence-electron chi connectivity index (χ1n) is 13.1. The monoisotopic (exact) mass is 569 g/mol. The first-order valence-corrected chi connectivity index (χ1v) is 13.1. The molecule has 2 aromatic carbocycles. The molecule has 0 aromatic heterocycles. The van der Waals surface area contributed by atoms with Crippen molar-refractivity contribution in [3.05, 3.63) is 64.4 Å². The highest BCUT2D eigenvalue weighted by Gasteiger charge is 2.50. The molecule has 2 aliphatic carbocycles. The summed E-state index contributed by atoms with van der Waals surface area (Å²) in [7, 11) is 1.33. The van der Waals surface area contributed by atoms with Crippen LogP contribution in [0.2, 0.25) is 0 Å². The molecule has 41 heavy (non-hydrogen) atoms. The van der Waals surface area contributed by atoms with Gasteiger partial charge in [0.15, 0.2) is 17.9 Å². The molecule has 6 atom stereocenters. The molecule has 0 saturated carbocycles. The minimum absolute atomic E-state index is 0.0503. The van der Waals surface area contributed by atoms with Crippen molar-refractivity contribution in [1.82, 2.24) is 5.32 Å². The van der Waals surface area contributed by atoms with Crippen molar-refractivity contribution in [2.24, 2.45) is 0 Å². The van der Waals surface area contributed by atoms with Crippen molar-refractivity contribution in [3.8, 4) is 17.2 Å². The topological polar surface area (TPSA) is 192 Å². The van der Waals surface area contributed by atoms with Gasteiger partial charge in [-0.15, -0.1) is 0 Å². The van der Waals surface area contributed by atoms with E-state index in [9.17, 15) is 39.9 Å². The number of rotatable bonds is 7. The molecule has 5 rings (SSSR count). The summed E-state index contributed by atoms with van der Waals surface area (Å²) in [5, 5.41) is 57.2. The molecular formula is C29H31NO11. The zero-order valence-corrected chi connectivity index (χ0v) is 22.4. The second-order valence-corrected chi connectivity index (χ2v) is 10.5. The molecule has 1 saturated heterocycles. The van der Waals surface area contributed by atoms with Crippen molar-refractivity contribution in [2.45, 2.75) is 62.4 Å². The third-order valence-corrected chi connectivity index (χ3v) is 8.09. The highest BCUT2D eigenvalue weighted by molar-refractivity contribution is 6.31. The van der Waals surface area contributed by atoms with Crippen molar-refractivity contribution in [2.75, 3.05) is 13.7 Å². The lowest BCUT2D eigenvalue weighted by Gasteiger charge is -2.42. The Balaban J connectivity index is 1.66. The Kier molecular flexibility index (Phi) is 7.38. The summed E-state index contributed by atoms with van der Waals surface area (Å²) < 4.78 is 17.2. The van der Waals surface area contributed by atoms with E-state index in [0.29, 0.717) is 0 Å². The van der Waals surface area contributed by atoms with Gasteiger partial charge in [0.05, 0.1) is 42.0 Å². The maximum atomic E-state index is 13.7. The van der Waals surface area contributed by atoms with E-state index in [1.54, 1.807) is 6.92 Å². The number of aliphatic hydroxyl groups excluding tert-OH is 2. The molecule has 0 radical (unpaired) electrons. The average Bonchev–Trinajstić information content (AvgIpc) is 2.95. The molecule has 1 heterocycles. The average molecular weight is 570 g/mol. The highest BCUT2D eigenvalue weighted by Crippen LogP contribution is 2.52. The Morgan fingerprint density at radius 3 is 2.56 bits per heavy atom. The van der Waals surface area contributed by atoms with Gasteiger partial charge in [0, 0.05) is 36.0 Å². The number of aliphatic hydroxyl groups is 3. The van der Waals surface area contributed by atoms with E-state index < -0.39 is 95.7 Å². The van der Waals surface area contributed by atoms with E-state index >= 15 is 0 Å². The fourth-order valence-electron chi connectivity index (χ4n) is 6.03. The standard InChI is InChI=1S/C29H31NO11/c1-4-30-15-8-19(40-12(2)24(15)33)41-17-10-29(38,18(32)11-31)9-14-21(17)28(37)23-22(26(14)35)25(34)13-6-5-7-16(39-3)20(13)27(23)36/h4-7,12,15,17,19,24,30-31,33,35,37-38H,1,8-11H2,2-3H3. The molecule has 3 aliphatic rings. The maximum Gasteiger partial charge on any atom is 0.202 e. The number of aromatic hydroxyl groups is 2. The van der Waals surface area contributed by atoms with E-state index in [1.165, 1.54) is 31.5 Å². The van der Waals surface area contributed by atoms with E-state index in [1.807, 2.05) is 0 Å². The van der Waals surface area contributed by atoms with Crippen LogP contribution in [-0.4, -0.2) is 86.7 Å². The summed E-state index contributed by atoms with van der Waals surface area (Å²) in [6, 6.07) is 3.84. The Hall–Kier alpha value is -3.81. The molecule has 1 fully saturated rings. The molecule has 6 unspecified atom stereocenters. The number of hydrogen-bond acceptors (Lipinski definition) is 12. The van der Waals surface area contributed by atoms with Crippen LogP contribution < -0.4 is 10.1 Å². The predicted octanol–water partition coefficient (Wildman–Crippen LogP) is 0.776. The number of Topliss-reactive ketones (excluding diaryl/α,β-unsaturated/α-hetero) is 1.